The predicted molar refractivity (Wildman–Crippen MR) is 337 cm³/mol. The van der Waals surface area contributed by atoms with Crippen molar-refractivity contribution in [3.05, 3.63) is 178 Å². The third-order valence-electron chi connectivity index (χ3n) is 14.7. The van der Waals surface area contributed by atoms with Crippen LogP contribution >= 0.6 is 34.8 Å². The van der Waals surface area contributed by atoms with E-state index in [1.807, 2.05) is 36.4 Å². The van der Waals surface area contributed by atoms with Crippen LogP contribution in [0.1, 0.15) is 38.5 Å². The van der Waals surface area contributed by atoms with Gasteiger partial charge in [-0.2, -0.15) is 15.0 Å². The second-order valence-electron chi connectivity index (χ2n) is 21.4. The Labute approximate surface area is 579 Å². The fourth-order valence-electron chi connectivity index (χ4n) is 9.26. The van der Waals surface area contributed by atoms with E-state index in [2.05, 4.69) is 29.9 Å². The summed E-state index contributed by atoms with van der Waals surface area (Å²) in [6.07, 6.45) is 2.66. The molecule has 3 heterocycles. The molecular formula is C68H57Cl3F3N6NaO14. The summed E-state index contributed by atoms with van der Waals surface area (Å²) in [4.78, 5) is 62.5. The van der Waals surface area contributed by atoms with Crippen molar-refractivity contribution in [2.24, 2.45) is 0 Å². The van der Waals surface area contributed by atoms with E-state index in [4.69, 9.17) is 77.4 Å². The number of phenolic OH excluding ortho intramolecular Hbond substituents is 1. The van der Waals surface area contributed by atoms with Crippen molar-refractivity contribution in [3.8, 4) is 103 Å². The molecule has 0 amide bonds. The first kappa shape index (κ1) is 70.7. The number of carboxylic acid groups (broad SMARTS) is 1. The minimum Gasteiger partial charge on any atom is -0.546 e. The molecule has 3 fully saturated rings. The van der Waals surface area contributed by atoms with Crippen LogP contribution in [0.2, 0.25) is 15.1 Å². The van der Waals surface area contributed by atoms with Gasteiger partial charge in [0.2, 0.25) is 28.8 Å². The maximum absolute atomic E-state index is 14.1. The maximum Gasteiger partial charge on any atom is 1.00 e. The van der Waals surface area contributed by atoms with E-state index in [1.54, 1.807) is 68.8 Å². The summed E-state index contributed by atoms with van der Waals surface area (Å²) in [6.45, 7) is 1.49. The number of halogens is 6. The van der Waals surface area contributed by atoms with Gasteiger partial charge in [0, 0.05) is 91.5 Å². The normalized spacial score (nSPS) is 14.0. The number of carbonyl (C=O) groups excluding carboxylic acids is 3. The minimum absolute atomic E-state index is 0. The van der Waals surface area contributed by atoms with Gasteiger partial charge in [-0.25, -0.2) is 37.7 Å². The Kier molecular flexibility index (Phi) is 23.3. The van der Waals surface area contributed by atoms with Gasteiger partial charge in [-0.3, -0.25) is 0 Å². The van der Waals surface area contributed by atoms with Crippen LogP contribution < -0.4 is 58.3 Å². The number of carbonyl (C=O) groups is 3. The van der Waals surface area contributed by atoms with Crippen LogP contribution in [0.25, 0.3) is 67.9 Å². The van der Waals surface area contributed by atoms with E-state index in [9.17, 15) is 37.8 Å². The van der Waals surface area contributed by atoms with E-state index in [0.29, 0.717) is 127 Å². The molecule has 486 valence electrons. The van der Waals surface area contributed by atoms with Gasteiger partial charge in [0.1, 0.15) is 47.9 Å². The number of benzene rings is 6. The molecular weight excluding hydrogens is 1310 g/mol. The zero-order valence-electron chi connectivity index (χ0n) is 51.6. The second kappa shape index (κ2) is 31.3. The van der Waals surface area contributed by atoms with Crippen molar-refractivity contribution in [3.63, 3.8) is 0 Å². The van der Waals surface area contributed by atoms with Crippen molar-refractivity contribution in [2.75, 3.05) is 54.9 Å². The number of aliphatic carboxylic acids is 1. The molecule has 6 aromatic carbocycles. The molecule has 20 nitrogen and oxygen atoms in total. The van der Waals surface area contributed by atoms with Crippen LogP contribution in [0, 0.1) is 17.5 Å². The van der Waals surface area contributed by atoms with E-state index >= 15 is 0 Å². The average Bonchev–Trinajstić information content (AvgIpc) is 1.57. The van der Waals surface area contributed by atoms with Crippen LogP contribution in [0.3, 0.4) is 0 Å². The summed E-state index contributed by atoms with van der Waals surface area (Å²) >= 11 is 17.4. The minimum atomic E-state index is -1.41. The van der Waals surface area contributed by atoms with E-state index in [-0.39, 0.29) is 85.5 Å². The van der Waals surface area contributed by atoms with Crippen LogP contribution in [0.15, 0.2) is 146 Å². The van der Waals surface area contributed by atoms with Gasteiger partial charge >= 0.3 is 41.5 Å². The molecule has 3 aliphatic carbocycles. The number of nitrogens with zero attached hydrogens (tertiary/aromatic N) is 6. The van der Waals surface area contributed by atoms with Gasteiger partial charge in [-0.1, -0.05) is 71.2 Å². The quantitative estimate of drug-likeness (QED) is 0.0355. The summed E-state index contributed by atoms with van der Waals surface area (Å²) in [6, 6.07) is 38.5. The van der Waals surface area contributed by atoms with Crippen molar-refractivity contribution in [1.29, 1.82) is 0 Å². The first-order valence-corrected chi connectivity index (χ1v) is 30.1. The number of aromatic hydroxyl groups is 1. The zero-order chi connectivity index (χ0) is 66.7. The molecule has 1 N–H and O–H groups in total. The smallest absolute Gasteiger partial charge is 0.546 e. The Bertz CT molecular complexity index is 4280. The van der Waals surface area contributed by atoms with Crippen LogP contribution in [-0.2, 0) is 33.3 Å². The van der Waals surface area contributed by atoms with Gasteiger partial charge in [0.25, 0.3) is 0 Å². The Balaban J connectivity index is 0.000000167. The van der Waals surface area contributed by atoms with Gasteiger partial charge in [0.15, 0.2) is 23.1 Å². The first-order chi connectivity index (χ1) is 45.3. The van der Waals surface area contributed by atoms with E-state index in [0.717, 1.165) is 0 Å². The Morgan fingerprint density at radius 3 is 1.09 bits per heavy atom. The van der Waals surface area contributed by atoms with Crippen LogP contribution in [-0.4, -0.2) is 125 Å². The molecule has 0 atom stereocenters. The molecule has 0 spiro atoms. The van der Waals surface area contributed by atoms with Gasteiger partial charge in [-0.15, -0.1) is 0 Å². The number of rotatable bonds is 23. The number of hydrogen-bond acceptors (Lipinski definition) is 20. The fourth-order valence-corrected chi connectivity index (χ4v) is 9.62. The zero-order valence-corrected chi connectivity index (χ0v) is 55.9. The molecule has 0 saturated heterocycles. The molecule has 9 aromatic rings. The number of esters is 2. The molecule has 95 heavy (non-hydrogen) atoms. The third-order valence-corrected chi connectivity index (χ3v) is 15.7. The third kappa shape index (κ3) is 17.3. The Morgan fingerprint density at radius 2 is 0.779 bits per heavy atom. The molecule has 0 bridgehead atoms. The SMILES string of the molecule is COC(=O)C1(Oc2cc(-c3ccccc3O)nc(-c3ccc(Cl)c(F)c3)n2)CC1.COCCOc1ccccc1-c1cc(OC2(C(=O)OC)CC2)nc(-c2ccc(Cl)c(F)c2)n1.COCCOc1ccccc1-c1cc(OC2(C(=O)[O-])CC2)nc(-c2ccc(Cl)c(F)c2)n1.[Na+]. The number of carboxylic acids is 1. The predicted octanol–water partition coefficient (Wildman–Crippen LogP) is 9.40. The fraction of sp³-hybridized carbons (Fsp3) is 0.250. The topological polar surface area (TPSA) is 255 Å². The molecule has 0 unspecified atom stereocenters. The molecule has 27 heteroatoms. The number of phenols is 1. The van der Waals surface area contributed by atoms with E-state index in [1.165, 1.54) is 68.8 Å². The van der Waals surface area contributed by atoms with Crippen LogP contribution in [0.5, 0.6) is 34.9 Å². The van der Waals surface area contributed by atoms with Gasteiger partial charge in [-0.05, 0) is 104 Å². The maximum atomic E-state index is 14.1. The molecule has 12 rings (SSSR count). The van der Waals surface area contributed by atoms with Crippen molar-refractivity contribution >= 4 is 52.7 Å². The largest absolute Gasteiger partial charge is 1.00 e. The van der Waals surface area contributed by atoms with Gasteiger partial charge in [0.05, 0.1) is 65.6 Å². The number of aromatic nitrogens is 6. The molecule has 0 radical (unpaired) electrons. The summed E-state index contributed by atoms with van der Waals surface area (Å²) in [7, 11) is 5.77. The van der Waals surface area contributed by atoms with Crippen LogP contribution in [0.4, 0.5) is 13.2 Å². The van der Waals surface area contributed by atoms with Gasteiger partial charge < -0.3 is 57.6 Å². The monoisotopic (exact) mass is 1370 g/mol. The molecule has 3 aromatic heterocycles. The molecule has 3 saturated carbocycles. The second-order valence-corrected chi connectivity index (χ2v) is 22.6. The molecule has 0 aliphatic heterocycles. The Morgan fingerprint density at radius 1 is 0.453 bits per heavy atom. The summed E-state index contributed by atoms with van der Waals surface area (Å²) in [5.41, 5.74) is 0.584. The standard InChI is InChI=1S/C24H22ClFN2O5.C23H20ClFN2O5.C21H16ClFN2O4.Na/c1-30-11-12-32-20-6-4-3-5-16(20)19-14-21(33-24(9-10-24)23(29)31-2)28-22(27-19)15-7-8-17(25)18(26)13-15;1-30-10-11-31-19-5-3-2-4-15(19)18-13-20(32-23(8-9-23)22(28)29)27-21(26-18)14-6-7-16(24)17(25)12-14;1-28-20(27)21(8-9-21)29-18-11-16(13-4-2-3-5-17(13)26)24-19(25-18)12-6-7-14(22)15(23)10-12;/h3-8,13-14H,9-12H2,1-2H3;2-7,12-13H,8-11H2,1H3,(H,28,29);2-7,10-11,26H,8-9H2,1H3;/q;;;+1/p-1. The molecule has 3 aliphatic rings. The first-order valence-electron chi connectivity index (χ1n) is 29.0. The summed E-state index contributed by atoms with van der Waals surface area (Å²) < 4.78 is 91.1. The average molecular weight is 1370 g/mol. The summed E-state index contributed by atoms with van der Waals surface area (Å²) in [5, 5.41) is 21.7. The number of para-hydroxylation sites is 3. The number of ether oxygens (including phenoxy) is 9. The number of methoxy groups -OCH3 is 4. The van der Waals surface area contributed by atoms with Crippen molar-refractivity contribution in [1.82, 2.24) is 29.9 Å². The Hall–Kier alpha value is -8.65. The van der Waals surface area contributed by atoms with E-state index < -0.39 is 52.2 Å². The summed E-state index contributed by atoms with van der Waals surface area (Å²) in [5.74, 6) is -2.11. The van der Waals surface area contributed by atoms with Crippen molar-refractivity contribution in [2.45, 2.75) is 55.3 Å². The van der Waals surface area contributed by atoms with Crippen molar-refractivity contribution < 1.29 is 110 Å². The number of hydrogen-bond donors (Lipinski definition) is 1.